The molecule has 0 aromatic carbocycles. The van der Waals surface area contributed by atoms with Crippen LogP contribution in [0.25, 0.3) is 0 Å². The van der Waals surface area contributed by atoms with E-state index in [4.69, 9.17) is 5.26 Å². The minimum atomic E-state index is 0.656. The Kier molecular flexibility index (Phi) is 2.11. The number of aromatic nitrogens is 1. The molecule has 0 saturated heterocycles. The van der Waals surface area contributed by atoms with Gasteiger partial charge in [-0.1, -0.05) is 13.3 Å². The normalized spacial score (nSPS) is 9.20. The maximum atomic E-state index is 8.44. The van der Waals surface area contributed by atoms with Crippen molar-refractivity contribution < 1.29 is 0 Å². The van der Waals surface area contributed by atoms with Crippen LogP contribution in [-0.4, -0.2) is 4.98 Å². The lowest BCUT2D eigenvalue weighted by Gasteiger charge is -1.88. The largest absolute Gasteiger partial charge is 0.350 e. The number of aryl methyl sites for hydroxylation is 1. The summed E-state index contributed by atoms with van der Waals surface area (Å²) in [6.45, 7) is 2.12. The molecule has 0 unspecified atom stereocenters. The van der Waals surface area contributed by atoms with Crippen LogP contribution in [0.3, 0.4) is 0 Å². The highest BCUT2D eigenvalue weighted by Crippen LogP contribution is 2.02. The number of H-pyrrole nitrogens is 1. The van der Waals surface area contributed by atoms with Gasteiger partial charge in [0.25, 0.3) is 0 Å². The quantitative estimate of drug-likeness (QED) is 0.658. The van der Waals surface area contributed by atoms with Gasteiger partial charge < -0.3 is 4.98 Å². The number of hydrogen-bond donors (Lipinski definition) is 1. The second-order valence-corrected chi connectivity index (χ2v) is 2.26. The number of nitrogens with one attached hydrogen (secondary N) is 1. The first kappa shape index (κ1) is 6.88. The van der Waals surface area contributed by atoms with Crippen LogP contribution < -0.4 is 0 Å². The molecular weight excluding hydrogens is 124 g/mol. The zero-order chi connectivity index (χ0) is 7.40. The molecule has 0 spiro atoms. The fraction of sp³-hybridized carbons (Fsp3) is 0.375. The third-order valence-corrected chi connectivity index (χ3v) is 1.39. The Bertz CT molecular complexity index is 242. The lowest BCUT2D eigenvalue weighted by atomic mass is 10.3. The van der Waals surface area contributed by atoms with Gasteiger partial charge in [-0.3, -0.25) is 0 Å². The minimum absolute atomic E-state index is 0.656. The molecule has 2 nitrogen and oxygen atoms in total. The third kappa shape index (κ3) is 1.38. The Morgan fingerprint density at radius 3 is 2.90 bits per heavy atom. The zero-order valence-corrected chi connectivity index (χ0v) is 6.02. The maximum Gasteiger partial charge on any atom is 0.117 e. The summed E-state index contributed by atoms with van der Waals surface area (Å²) in [6, 6.07) is 5.82. The first-order valence-corrected chi connectivity index (χ1v) is 3.44. The Balaban J connectivity index is 2.71. The van der Waals surface area contributed by atoms with E-state index in [1.54, 1.807) is 0 Å². The number of aromatic amines is 1. The van der Waals surface area contributed by atoms with Gasteiger partial charge in [-0.15, -0.1) is 0 Å². The lowest BCUT2D eigenvalue weighted by molar-refractivity contribution is 0.891. The number of hydrogen-bond acceptors (Lipinski definition) is 1. The zero-order valence-electron chi connectivity index (χ0n) is 6.02. The molecule has 0 aliphatic carbocycles. The summed E-state index contributed by atoms with van der Waals surface area (Å²) in [5.74, 6) is 0. The standard InChI is InChI=1S/C8H10N2/c1-2-3-7-4-5-8(6-9)10-7/h4-5,10H,2-3H2,1H3. The molecule has 0 radical (unpaired) electrons. The van der Waals surface area contributed by atoms with Crippen LogP contribution in [0.2, 0.25) is 0 Å². The molecule has 0 atom stereocenters. The molecule has 10 heavy (non-hydrogen) atoms. The van der Waals surface area contributed by atoms with Crippen molar-refractivity contribution in [1.29, 1.82) is 5.26 Å². The highest BCUT2D eigenvalue weighted by atomic mass is 14.7. The van der Waals surface area contributed by atoms with E-state index in [0.29, 0.717) is 5.69 Å². The van der Waals surface area contributed by atoms with Crippen molar-refractivity contribution in [3.63, 3.8) is 0 Å². The predicted molar refractivity (Wildman–Crippen MR) is 39.5 cm³/mol. The van der Waals surface area contributed by atoms with Gasteiger partial charge in [0.15, 0.2) is 0 Å². The van der Waals surface area contributed by atoms with Crippen LogP contribution in [0, 0.1) is 11.3 Å². The monoisotopic (exact) mass is 134 g/mol. The van der Waals surface area contributed by atoms with E-state index < -0.39 is 0 Å². The summed E-state index contributed by atoms with van der Waals surface area (Å²) in [6.07, 6.45) is 2.15. The fourth-order valence-corrected chi connectivity index (χ4v) is 0.921. The first-order valence-electron chi connectivity index (χ1n) is 3.44. The molecule has 2 heteroatoms. The summed E-state index contributed by atoms with van der Waals surface area (Å²) in [4.78, 5) is 3.00. The van der Waals surface area contributed by atoms with Crippen molar-refractivity contribution in [2.75, 3.05) is 0 Å². The Hall–Kier alpha value is -1.23. The smallest absolute Gasteiger partial charge is 0.117 e. The molecule has 52 valence electrons. The molecule has 0 fully saturated rings. The van der Waals surface area contributed by atoms with Gasteiger partial charge >= 0.3 is 0 Å². The third-order valence-electron chi connectivity index (χ3n) is 1.39. The van der Waals surface area contributed by atoms with E-state index in [2.05, 4.69) is 18.0 Å². The van der Waals surface area contributed by atoms with E-state index in [-0.39, 0.29) is 0 Å². The summed E-state index contributed by atoms with van der Waals surface area (Å²) >= 11 is 0. The van der Waals surface area contributed by atoms with E-state index in [1.807, 2.05) is 12.1 Å². The maximum absolute atomic E-state index is 8.44. The first-order chi connectivity index (χ1) is 4.86. The molecule has 1 aromatic rings. The van der Waals surface area contributed by atoms with Crippen molar-refractivity contribution in [3.05, 3.63) is 23.5 Å². The summed E-state index contributed by atoms with van der Waals surface area (Å²) in [5.41, 5.74) is 1.81. The van der Waals surface area contributed by atoms with Crippen molar-refractivity contribution in [1.82, 2.24) is 4.98 Å². The molecule has 0 bridgehead atoms. The van der Waals surface area contributed by atoms with Crippen LogP contribution >= 0.6 is 0 Å². The SMILES string of the molecule is CCCc1ccc(C#N)[nH]1. The van der Waals surface area contributed by atoms with Crippen molar-refractivity contribution in [2.45, 2.75) is 19.8 Å². The van der Waals surface area contributed by atoms with E-state index in [0.717, 1.165) is 18.5 Å². The van der Waals surface area contributed by atoms with Crippen LogP contribution in [0.5, 0.6) is 0 Å². The molecule has 1 heterocycles. The average molecular weight is 134 g/mol. The van der Waals surface area contributed by atoms with Gasteiger partial charge in [-0.05, 0) is 18.6 Å². The Morgan fingerprint density at radius 1 is 1.60 bits per heavy atom. The van der Waals surface area contributed by atoms with Crippen LogP contribution in [0.4, 0.5) is 0 Å². The van der Waals surface area contributed by atoms with Gasteiger partial charge in [-0.2, -0.15) is 5.26 Å². The number of nitriles is 1. The molecule has 0 aliphatic heterocycles. The highest BCUT2D eigenvalue weighted by Gasteiger charge is 1.94. The van der Waals surface area contributed by atoms with Crippen LogP contribution in [0.15, 0.2) is 12.1 Å². The second-order valence-electron chi connectivity index (χ2n) is 2.26. The average Bonchev–Trinajstić information content (AvgIpc) is 2.37. The topological polar surface area (TPSA) is 39.6 Å². The highest BCUT2D eigenvalue weighted by molar-refractivity contribution is 5.24. The number of nitrogens with zero attached hydrogens (tertiary/aromatic N) is 1. The molecule has 0 saturated carbocycles. The molecule has 1 rings (SSSR count). The molecule has 1 N–H and O–H groups in total. The second kappa shape index (κ2) is 3.07. The summed E-state index contributed by atoms with van der Waals surface area (Å²) < 4.78 is 0. The van der Waals surface area contributed by atoms with Crippen molar-refractivity contribution >= 4 is 0 Å². The van der Waals surface area contributed by atoms with Crippen LogP contribution in [0.1, 0.15) is 24.7 Å². The molecule has 0 aliphatic rings. The van der Waals surface area contributed by atoms with Gasteiger partial charge in [0.2, 0.25) is 0 Å². The van der Waals surface area contributed by atoms with Gasteiger partial charge in [0.05, 0.1) is 0 Å². The Morgan fingerprint density at radius 2 is 2.40 bits per heavy atom. The predicted octanol–water partition coefficient (Wildman–Crippen LogP) is 1.84. The number of rotatable bonds is 2. The van der Waals surface area contributed by atoms with Gasteiger partial charge in [-0.25, -0.2) is 0 Å². The lowest BCUT2D eigenvalue weighted by Crippen LogP contribution is -1.81. The summed E-state index contributed by atoms with van der Waals surface area (Å²) in [7, 11) is 0. The van der Waals surface area contributed by atoms with Gasteiger partial charge in [0, 0.05) is 5.69 Å². The van der Waals surface area contributed by atoms with E-state index in [9.17, 15) is 0 Å². The molecule has 1 aromatic heterocycles. The van der Waals surface area contributed by atoms with Crippen molar-refractivity contribution in [2.24, 2.45) is 0 Å². The fourth-order valence-electron chi connectivity index (χ4n) is 0.921. The van der Waals surface area contributed by atoms with Crippen molar-refractivity contribution in [3.8, 4) is 6.07 Å². The Labute approximate surface area is 60.5 Å². The summed E-state index contributed by atoms with van der Waals surface area (Å²) in [5, 5.41) is 8.44. The molecule has 0 amide bonds. The minimum Gasteiger partial charge on any atom is -0.350 e. The van der Waals surface area contributed by atoms with Crippen LogP contribution in [-0.2, 0) is 6.42 Å². The molecular formula is C8H10N2. The van der Waals surface area contributed by atoms with Gasteiger partial charge in [0.1, 0.15) is 11.8 Å². The van der Waals surface area contributed by atoms with E-state index >= 15 is 0 Å². The van der Waals surface area contributed by atoms with E-state index in [1.165, 1.54) is 0 Å².